The van der Waals surface area contributed by atoms with Gasteiger partial charge in [0.15, 0.2) is 0 Å². The number of fused-ring (bicyclic) bond motifs is 2. The van der Waals surface area contributed by atoms with Crippen molar-refractivity contribution in [3.63, 3.8) is 0 Å². The molecule has 2 heterocycles. The molecular formula is C22H27NO3. The van der Waals surface area contributed by atoms with Gasteiger partial charge in [-0.2, -0.15) is 0 Å². The second-order valence-electron chi connectivity index (χ2n) is 7.68. The van der Waals surface area contributed by atoms with Gasteiger partial charge in [-0.05, 0) is 48.6 Å². The van der Waals surface area contributed by atoms with E-state index in [1.54, 1.807) is 7.11 Å². The fraction of sp³-hybridized carbons (Fsp3) is 0.455. The van der Waals surface area contributed by atoms with Gasteiger partial charge in [0, 0.05) is 18.6 Å². The fourth-order valence-electron chi connectivity index (χ4n) is 4.47. The average molecular weight is 353 g/mol. The number of ether oxygens (including phenoxy) is 2. The van der Waals surface area contributed by atoms with Crippen molar-refractivity contribution in [2.45, 2.75) is 44.0 Å². The zero-order valence-electron chi connectivity index (χ0n) is 15.5. The Bertz CT molecular complexity index is 747. The van der Waals surface area contributed by atoms with Crippen LogP contribution in [0, 0.1) is 6.92 Å². The summed E-state index contributed by atoms with van der Waals surface area (Å²) < 4.78 is 11.2. The molecule has 2 bridgehead atoms. The molecule has 2 aromatic carbocycles. The highest BCUT2D eigenvalue weighted by molar-refractivity contribution is 5.37. The number of methoxy groups -OCH3 is 1. The van der Waals surface area contributed by atoms with E-state index in [9.17, 15) is 5.11 Å². The van der Waals surface area contributed by atoms with Gasteiger partial charge >= 0.3 is 0 Å². The van der Waals surface area contributed by atoms with E-state index in [0.717, 1.165) is 23.4 Å². The van der Waals surface area contributed by atoms with Crippen LogP contribution >= 0.6 is 0 Å². The summed E-state index contributed by atoms with van der Waals surface area (Å²) in [4.78, 5) is 2.51. The third kappa shape index (κ3) is 3.37. The van der Waals surface area contributed by atoms with Crippen molar-refractivity contribution in [1.29, 1.82) is 0 Å². The molecule has 2 atom stereocenters. The molecule has 138 valence electrons. The van der Waals surface area contributed by atoms with E-state index in [1.807, 2.05) is 25.1 Å². The van der Waals surface area contributed by atoms with E-state index in [4.69, 9.17) is 9.47 Å². The average Bonchev–Trinajstić information content (AvgIpc) is 2.63. The molecule has 2 unspecified atom stereocenters. The molecule has 4 rings (SSSR count). The van der Waals surface area contributed by atoms with E-state index in [-0.39, 0.29) is 12.1 Å². The van der Waals surface area contributed by atoms with Gasteiger partial charge in [-0.1, -0.05) is 36.4 Å². The van der Waals surface area contributed by atoms with Crippen LogP contribution in [0.3, 0.4) is 0 Å². The molecule has 2 aromatic rings. The van der Waals surface area contributed by atoms with E-state index < -0.39 is 5.60 Å². The number of rotatable bonds is 4. The highest BCUT2D eigenvalue weighted by atomic mass is 16.5. The third-order valence-corrected chi connectivity index (χ3v) is 5.74. The van der Waals surface area contributed by atoms with E-state index in [0.29, 0.717) is 26.1 Å². The maximum absolute atomic E-state index is 11.5. The smallest absolute Gasteiger partial charge is 0.119 e. The highest BCUT2D eigenvalue weighted by Gasteiger charge is 2.47. The molecule has 26 heavy (non-hydrogen) atoms. The third-order valence-electron chi connectivity index (χ3n) is 5.74. The Morgan fingerprint density at radius 1 is 1.12 bits per heavy atom. The number of nitrogens with zero attached hydrogens (tertiary/aromatic N) is 1. The van der Waals surface area contributed by atoms with Gasteiger partial charge in [0.25, 0.3) is 0 Å². The summed E-state index contributed by atoms with van der Waals surface area (Å²) in [7, 11) is 1.67. The van der Waals surface area contributed by atoms with E-state index >= 15 is 0 Å². The second kappa shape index (κ2) is 7.03. The molecule has 0 radical (unpaired) electrons. The van der Waals surface area contributed by atoms with Crippen LogP contribution in [0.1, 0.15) is 29.5 Å². The minimum atomic E-state index is -0.828. The summed E-state index contributed by atoms with van der Waals surface area (Å²) in [6.07, 6.45) is 1.37. The summed E-state index contributed by atoms with van der Waals surface area (Å²) in [6, 6.07) is 17.1. The van der Waals surface area contributed by atoms with Gasteiger partial charge < -0.3 is 14.6 Å². The Hall–Kier alpha value is -1.88. The van der Waals surface area contributed by atoms with Crippen LogP contribution in [0.15, 0.2) is 48.5 Å². The predicted octanol–water partition coefficient (Wildman–Crippen LogP) is 3.25. The van der Waals surface area contributed by atoms with Gasteiger partial charge in [-0.3, -0.25) is 4.90 Å². The maximum atomic E-state index is 11.5. The maximum Gasteiger partial charge on any atom is 0.119 e. The first-order valence-electron chi connectivity index (χ1n) is 9.33. The van der Waals surface area contributed by atoms with E-state index in [1.165, 1.54) is 5.56 Å². The van der Waals surface area contributed by atoms with Crippen molar-refractivity contribution < 1.29 is 14.6 Å². The zero-order valence-corrected chi connectivity index (χ0v) is 15.5. The largest absolute Gasteiger partial charge is 0.497 e. The lowest BCUT2D eigenvalue weighted by atomic mass is 9.76. The Morgan fingerprint density at radius 2 is 1.81 bits per heavy atom. The number of hydrogen-bond acceptors (Lipinski definition) is 4. The van der Waals surface area contributed by atoms with Crippen molar-refractivity contribution in [2.75, 3.05) is 20.3 Å². The monoisotopic (exact) mass is 353 g/mol. The Labute approximate surface area is 155 Å². The van der Waals surface area contributed by atoms with Gasteiger partial charge in [0.2, 0.25) is 0 Å². The van der Waals surface area contributed by atoms with Crippen molar-refractivity contribution in [2.24, 2.45) is 0 Å². The lowest BCUT2D eigenvalue weighted by Gasteiger charge is -2.52. The molecule has 0 saturated carbocycles. The van der Waals surface area contributed by atoms with Crippen LogP contribution in [0.5, 0.6) is 5.75 Å². The minimum Gasteiger partial charge on any atom is -0.497 e. The lowest BCUT2D eigenvalue weighted by Crippen LogP contribution is -2.60. The molecule has 0 aliphatic carbocycles. The van der Waals surface area contributed by atoms with Crippen LogP contribution < -0.4 is 4.74 Å². The second-order valence-corrected chi connectivity index (χ2v) is 7.68. The van der Waals surface area contributed by atoms with Gasteiger partial charge in [-0.15, -0.1) is 0 Å². The first-order valence-corrected chi connectivity index (χ1v) is 9.33. The van der Waals surface area contributed by atoms with Gasteiger partial charge in [0.05, 0.1) is 25.9 Å². The molecule has 2 aliphatic heterocycles. The summed E-state index contributed by atoms with van der Waals surface area (Å²) in [5.74, 6) is 0.807. The van der Waals surface area contributed by atoms with Crippen LogP contribution in [0.4, 0.5) is 0 Å². The Kier molecular flexibility index (Phi) is 4.74. The van der Waals surface area contributed by atoms with Crippen LogP contribution in [0.2, 0.25) is 0 Å². The van der Waals surface area contributed by atoms with Crippen molar-refractivity contribution in [3.8, 4) is 5.75 Å². The number of aliphatic hydroxyl groups is 1. The molecule has 1 N–H and O–H groups in total. The standard InChI is InChI=1S/C22H27NO3/c1-16-8-18(10-21(9-16)25-2)22(24)11-19-14-26-15-20(12-22)23(19)13-17-6-4-3-5-7-17/h3-10,19-20,24H,11-15H2,1-2H3. The minimum absolute atomic E-state index is 0.221. The molecule has 0 spiro atoms. The highest BCUT2D eigenvalue weighted by Crippen LogP contribution is 2.42. The molecule has 2 fully saturated rings. The molecule has 0 amide bonds. The number of piperidine rings is 1. The number of benzene rings is 2. The quantitative estimate of drug-likeness (QED) is 0.916. The molecule has 0 aromatic heterocycles. The lowest BCUT2D eigenvalue weighted by molar-refractivity contribution is -0.149. The summed E-state index contributed by atoms with van der Waals surface area (Å²) >= 11 is 0. The first-order chi connectivity index (χ1) is 12.6. The molecule has 4 nitrogen and oxygen atoms in total. The normalized spacial score (nSPS) is 28.7. The van der Waals surface area contributed by atoms with Gasteiger partial charge in [0.1, 0.15) is 5.75 Å². The Balaban J connectivity index is 1.60. The van der Waals surface area contributed by atoms with Crippen LogP contribution in [-0.4, -0.2) is 42.4 Å². The van der Waals surface area contributed by atoms with Crippen molar-refractivity contribution >= 4 is 0 Å². The number of morpholine rings is 1. The topological polar surface area (TPSA) is 41.9 Å². The molecule has 2 saturated heterocycles. The van der Waals surface area contributed by atoms with E-state index in [2.05, 4.69) is 35.2 Å². The number of aryl methyl sites for hydroxylation is 1. The van der Waals surface area contributed by atoms with Crippen LogP contribution in [-0.2, 0) is 16.9 Å². The first kappa shape index (κ1) is 17.5. The summed E-state index contributed by atoms with van der Waals surface area (Å²) in [5.41, 5.74) is 2.56. The SMILES string of the molecule is COc1cc(C)cc(C2(O)CC3COCC(C2)N3Cc2ccccc2)c1. The molecule has 2 aliphatic rings. The zero-order chi connectivity index (χ0) is 18.1. The van der Waals surface area contributed by atoms with Gasteiger partial charge in [-0.25, -0.2) is 0 Å². The predicted molar refractivity (Wildman–Crippen MR) is 101 cm³/mol. The molecule has 4 heteroatoms. The van der Waals surface area contributed by atoms with Crippen molar-refractivity contribution in [3.05, 3.63) is 65.2 Å². The van der Waals surface area contributed by atoms with Crippen molar-refractivity contribution in [1.82, 2.24) is 4.90 Å². The summed E-state index contributed by atoms with van der Waals surface area (Å²) in [6.45, 7) is 4.31. The fourth-order valence-corrected chi connectivity index (χ4v) is 4.47. The Morgan fingerprint density at radius 3 is 2.46 bits per heavy atom. The van der Waals surface area contributed by atoms with Crippen LogP contribution in [0.25, 0.3) is 0 Å². The summed E-state index contributed by atoms with van der Waals surface area (Å²) in [5, 5.41) is 11.5. The number of hydrogen-bond donors (Lipinski definition) is 1. The molecular weight excluding hydrogens is 326 g/mol.